The molecule has 0 aromatic rings. The molecule has 0 amide bonds. The van der Waals surface area contributed by atoms with Crippen molar-refractivity contribution in [2.24, 2.45) is 5.92 Å². The number of hydrogen-bond donors (Lipinski definition) is 2. The summed E-state index contributed by atoms with van der Waals surface area (Å²) in [5, 5.41) is 12.9. The third-order valence-corrected chi connectivity index (χ3v) is 4.21. The minimum atomic E-state index is -0.744. The second-order valence-corrected chi connectivity index (χ2v) is 5.47. The molecule has 0 spiro atoms. The molecule has 4 nitrogen and oxygen atoms in total. The highest BCUT2D eigenvalue weighted by Gasteiger charge is 2.51. The van der Waals surface area contributed by atoms with Gasteiger partial charge in [0.05, 0.1) is 0 Å². The summed E-state index contributed by atoms with van der Waals surface area (Å²) in [6.45, 7) is 7.62. The number of aliphatic carboxylic acids is 1. The van der Waals surface area contributed by atoms with E-state index in [9.17, 15) is 9.90 Å². The fraction of sp³-hybridized carbons (Fsp3) is 0.929. The lowest BCUT2D eigenvalue weighted by molar-refractivity contribution is -0.147. The van der Waals surface area contributed by atoms with Crippen molar-refractivity contribution >= 4 is 5.97 Å². The Labute approximate surface area is 111 Å². The lowest BCUT2D eigenvalue weighted by Gasteiger charge is -2.37. The van der Waals surface area contributed by atoms with Gasteiger partial charge in [-0.2, -0.15) is 0 Å². The highest BCUT2D eigenvalue weighted by atomic mass is 16.4. The van der Waals surface area contributed by atoms with Crippen molar-refractivity contribution in [2.75, 3.05) is 20.1 Å². The number of carbonyl (C=O) groups is 1. The number of likely N-dealkylation sites (N-methyl/N-ethyl adjacent to an activating group) is 2. The monoisotopic (exact) mass is 256 g/mol. The first kappa shape index (κ1) is 15.4. The van der Waals surface area contributed by atoms with Crippen LogP contribution in [0.4, 0.5) is 0 Å². The fourth-order valence-corrected chi connectivity index (χ4v) is 2.97. The van der Waals surface area contributed by atoms with Gasteiger partial charge in [0, 0.05) is 12.6 Å². The normalized spacial score (nSPS) is 19.2. The minimum Gasteiger partial charge on any atom is -0.480 e. The van der Waals surface area contributed by atoms with Crippen LogP contribution in [0.5, 0.6) is 0 Å². The van der Waals surface area contributed by atoms with E-state index in [2.05, 4.69) is 31.1 Å². The number of carboxylic acid groups (broad SMARTS) is 1. The van der Waals surface area contributed by atoms with Gasteiger partial charge in [0.25, 0.3) is 0 Å². The van der Waals surface area contributed by atoms with Crippen LogP contribution in [0.3, 0.4) is 0 Å². The lowest BCUT2D eigenvalue weighted by Crippen LogP contribution is -2.61. The first-order valence-corrected chi connectivity index (χ1v) is 7.20. The summed E-state index contributed by atoms with van der Waals surface area (Å²) in [5.74, 6) is -0.392. The van der Waals surface area contributed by atoms with Crippen molar-refractivity contribution in [1.29, 1.82) is 0 Å². The molecule has 1 aliphatic rings. The highest BCUT2D eigenvalue weighted by molar-refractivity contribution is 5.80. The summed E-state index contributed by atoms with van der Waals surface area (Å²) in [6.07, 6.45) is 4.21. The number of nitrogens with one attached hydrogen (secondary N) is 1. The second kappa shape index (κ2) is 6.53. The molecular formula is C14H28N2O2. The first-order valence-electron chi connectivity index (χ1n) is 7.20. The van der Waals surface area contributed by atoms with Crippen LogP contribution in [-0.2, 0) is 4.79 Å². The van der Waals surface area contributed by atoms with E-state index in [4.69, 9.17) is 0 Å². The van der Waals surface area contributed by atoms with Gasteiger partial charge in [0.1, 0.15) is 5.54 Å². The largest absolute Gasteiger partial charge is 0.480 e. The zero-order valence-corrected chi connectivity index (χ0v) is 12.2. The highest BCUT2D eigenvalue weighted by Crippen LogP contribution is 2.40. The Kier molecular flexibility index (Phi) is 5.60. The van der Waals surface area contributed by atoms with Gasteiger partial charge in [-0.25, -0.2) is 0 Å². The molecule has 18 heavy (non-hydrogen) atoms. The molecular weight excluding hydrogens is 228 g/mol. The van der Waals surface area contributed by atoms with Crippen LogP contribution in [0.2, 0.25) is 0 Å². The summed E-state index contributed by atoms with van der Waals surface area (Å²) in [6, 6.07) is 0.473. The predicted molar refractivity (Wildman–Crippen MR) is 73.8 cm³/mol. The molecule has 1 rings (SSSR count). The van der Waals surface area contributed by atoms with Gasteiger partial charge in [0.2, 0.25) is 0 Å². The maximum atomic E-state index is 11.7. The molecule has 1 saturated carbocycles. The molecule has 0 aromatic carbocycles. The molecule has 1 atom stereocenters. The fourth-order valence-electron chi connectivity index (χ4n) is 2.97. The molecule has 0 aromatic heterocycles. The lowest BCUT2D eigenvalue weighted by atomic mass is 9.91. The van der Waals surface area contributed by atoms with Crippen LogP contribution in [0, 0.1) is 5.92 Å². The van der Waals surface area contributed by atoms with Crippen molar-refractivity contribution in [3.05, 3.63) is 0 Å². The van der Waals surface area contributed by atoms with Gasteiger partial charge >= 0.3 is 5.97 Å². The molecule has 0 heterocycles. The molecule has 2 N–H and O–H groups in total. The third-order valence-electron chi connectivity index (χ3n) is 4.21. The van der Waals surface area contributed by atoms with Gasteiger partial charge < -0.3 is 15.3 Å². The molecule has 0 bridgehead atoms. The second-order valence-electron chi connectivity index (χ2n) is 5.47. The maximum Gasteiger partial charge on any atom is 0.325 e. The van der Waals surface area contributed by atoms with E-state index in [0.717, 1.165) is 25.7 Å². The minimum absolute atomic E-state index is 0.298. The van der Waals surface area contributed by atoms with E-state index in [1.807, 2.05) is 6.92 Å². The third kappa shape index (κ3) is 3.23. The topological polar surface area (TPSA) is 52.6 Å². The Morgan fingerprint density at radius 2 is 1.94 bits per heavy atom. The van der Waals surface area contributed by atoms with Crippen LogP contribution < -0.4 is 5.32 Å². The predicted octanol–water partition coefficient (Wildman–Crippen LogP) is 1.95. The number of hydrogen-bond acceptors (Lipinski definition) is 3. The molecule has 106 valence electrons. The van der Waals surface area contributed by atoms with E-state index in [0.29, 0.717) is 25.0 Å². The van der Waals surface area contributed by atoms with Crippen LogP contribution in [-0.4, -0.2) is 47.7 Å². The Balaban J connectivity index is 2.80. The van der Waals surface area contributed by atoms with Gasteiger partial charge in [-0.15, -0.1) is 0 Å². The summed E-state index contributed by atoms with van der Waals surface area (Å²) in [4.78, 5) is 14.0. The summed E-state index contributed by atoms with van der Waals surface area (Å²) >= 11 is 0. The van der Waals surface area contributed by atoms with Gasteiger partial charge in [-0.3, -0.25) is 4.79 Å². The van der Waals surface area contributed by atoms with Crippen molar-refractivity contribution in [2.45, 2.75) is 58.0 Å². The van der Waals surface area contributed by atoms with Crippen LogP contribution >= 0.6 is 0 Å². The summed E-state index contributed by atoms with van der Waals surface area (Å²) in [7, 11) is 2.05. The van der Waals surface area contributed by atoms with E-state index < -0.39 is 11.5 Å². The number of rotatable bonds is 9. The zero-order valence-electron chi connectivity index (χ0n) is 12.2. The standard InChI is InChI=1S/C14H28N2O2/c1-5-12(6-2)16(4)10-14(13(17)18,15-7-3)11-8-9-11/h11-12,15H,5-10H2,1-4H3,(H,17,18). The van der Waals surface area contributed by atoms with Gasteiger partial charge in [-0.1, -0.05) is 20.8 Å². The quantitative estimate of drug-likeness (QED) is 0.662. The average molecular weight is 256 g/mol. The molecule has 1 unspecified atom stereocenters. The average Bonchev–Trinajstić information content (AvgIpc) is 3.13. The Morgan fingerprint density at radius 1 is 1.39 bits per heavy atom. The molecule has 1 aliphatic carbocycles. The van der Waals surface area contributed by atoms with Crippen molar-refractivity contribution < 1.29 is 9.90 Å². The first-order chi connectivity index (χ1) is 8.51. The summed E-state index contributed by atoms with van der Waals surface area (Å²) in [5.41, 5.74) is -0.744. The van der Waals surface area contributed by atoms with Gasteiger partial charge in [0.15, 0.2) is 0 Å². The number of nitrogens with zero attached hydrogens (tertiary/aromatic N) is 1. The van der Waals surface area contributed by atoms with Crippen molar-refractivity contribution in [3.8, 4) is 0 Å². The van der Waals surface area contributed by atoms with E-state index in [1.165, 1.54) is 0 Å². The zero-order chi connectivity index (χ0) is 13.8. The molecule has 0 saturated heterocycles. The molecule has 0 radical (unpaired) electrons. The van der Waals surface area contributed by atoms with Crippen LogP contribution in [0.15, 0.2) is 0 Å². The van der Waals surface area contributed by atoms with Crippen molar-refractivity contribution in [1.82, 2.24) is 10.2 Å². The maximum absolute atomic E-state index is 11.7. The number of carboxylic acids is 1. The Morgan fingerprint density at radius 3 is 2.28 bits per heavy atom. The molecule has 4 heteroatoms. The molecule has 0 aliphatic heterocycles. The smallest absolute Gasteiger partial charge is 0.325 e. The molecule has 1 fully saturated rings. The van der Waals surface area contributed by atoms with E-state index in [-0.39, 0.29) is 0 Å². The SMILES string of the molecule is CCNC(CN(C)C(CC)CC)(C(=O)O)C1CC1. The van der Waals surface area contributed by atoms with Gasteiger partial charge in [-0.05, 0) is 45.2 Å². The van der Waals surface area contributed by atoms with E-state index >= 15 is 0 Å². The van der Waals surface area contributed by atoms with Crippen molar-refractivity contribution in [3.63, 3.8) is 0 Å². The Bertz CT molecular complexity index is 275. The Hall–Kier alpha value is -0.610. The van der Waals surface area contributed by atoms with Crippen LogP contribution in [0.1, 0.15) is 46.5 Å². The van der Waals surface area contributed by atoms with E-state index in [1.54, 1.807) is 0 Å². The van der Waals surface area contributed by atoms with Crippen LogP contribution in [0.25, 0.3) is 0 Å². The summed E-state index contributed by atoms with van der Waals surface area (Å²) < 4.78 is 0.